The normalized spacial score (nSPS) is 54.2. The van der Waals surface area contributed by atoms with Crippen LogP contribution in [0, 0.1) is 50.2 Å². The summed E-state index contributed by atoms with van der Waals surface area (Å²) in [4.78, 5) is 15.1. The Kier molecular flexibility index (Phi) is 18.3. The van der Waals surface area contributed by atoms with Crippen LogP contribution >= 0.6 is 0 Å². The molecular formula is C58H94O25. The minimum absolute atomic E-state index is 0.137. The summed E-state index contributed by atoms with van der Waals surface area (Å²) in [6.07, 6.45) is -26.8. The summed E-state index contributed by atoms with van der Waals surface area (Å²) in [6, 6.07) is 0. The second kappa shape index (κ2) is 23.6. The zero-order valence-electron chi connectivity index (χ0n) is 48.8. The van der Waals surface area contributed by atoms with E-state index in [9.17, 15) is 71.5 Å². The van der Waals surface area contributed by atoms with Crippen molar-refractivity contribution in [1.82, 2.24) is 0 Å². The monoisotopic (exact) mass is 1190 g/mol. The number of rotatable bonds is 12. The van der Waals surface area contributed by atoms with Crippen LogP contribution in [-0.2, 0) is 52.2 Å². The van der Waals surface area contributed by atoms with Crippen LogP contribution < -0.4 is 0 Å². The molecule has 9 fully saturated rings. The van der Waals surface area contributed by atoms with Crippen molar-refractivity contribution in [2.45, 2.75) is 267 Å². The van der Waals surface area contributed by atoms with Crippen molar-refractivity contribution >= 4 is 5.97 Å². The van der Waals surface area contributed by atoms with Gasteiger partial charge in [0, 0.05) is 0 Å². The van der Waals surface area contributed by atoms with Gasteiger partial charge in [0.25, 0.3) is 0 Å². The van der Waals surface area contributed by atoms with Gasteiger partial charge in [-0.2, -0.15) is 0 Å². The van der Waals surface area contributed by atoms with Crippen LogP contribution in [0.4, 0.5) is 0 Å². The van der Waals surface area contributed by atoms with Gasteiger partial charge in [-0.15, -0.1) is 0 Å². The fourth-order valence-electron chi connectivity index (χ4n) is 17.3. The van der Waals surface area contributed by atoms with E-state index in [2.05, 4.69) is 54.5 Å². The Hall–Kier alpha value is -1.71. The minimum atomic E-state index is -1.84. The molecule has 5 heterocycles. The van der Waals surface area contributed by atoms with E-state index in [-0.39, 0.29) is 52.6 Å². The number of hydrogen-bond acceptors (Lipinski definition) is 25. The second-order valence-corrected chi connectivity index (χ2v) is 28.2. The zero-order chi connectivity index (χ0) is 60.4. The molecule has 0 aromatic carbocycles. The van der Waals surface area contributed by atoms with Crippen LogP contribution in [0.5, 0.6) is 0 Å². The highest BCUT2D eigenvalue weighted by Crippen LogP contribution is 2.76. The topological polar surface area (TPSA) is 393 Å². The van der Waals surface area contributed by atoms with Crippen LogP contribution in [-0.4, -0.2) is 251 Å². The Morgan fingerprint density at radius 3 is 1.86 bits per heavy atom. The number of aliphatic hydroxyl groups is 14. The summed E-state index contributed by atoms with van der Waals surface area (Å²) in [5, 5.41) is 150. The first kappa shape index (κ1) is 64.3. The molecule has 4 saturated carbocycles. The molecular weight excluding hydrogens is 1100 g/mol. The molecule has 14 N–H and O–H groups in total. The van der Waals surface area contributed by atoms with E-state index in [1.54, 1.807) is 0 Å². The van der Waals surface area contributed by atoms with Crippen LogP contribution in [0.2, 0.25) is 0 Å². The molecule has 5 aliphatic carbocycles. The van der Waals surface area contributed by atoms with E-state index >= 15 is 4.79 Å². The van der Waals surface area contributed by atoms with Gasteiger partial charge in [0.1, 0.15) is 104 Å². The van der Waals surface area contributed by atoms with Crippen molar-refractivity contribution in [3.05, 3.63) is 11.6 Å². The van der Waals surface area contributed by atoms with Gasteiger partial charge in [-0.25, -0.2) is 0 Å². The Balaban J connectivity index is 0.840. The summed E-state index contributed by atoms with van der Waals surface area (Å²) in [5.41, 5.74) is -1.17. The molecule has 10 rings (SSSR count). The van der Waals surface area contributed by atoms with Gasteiger partial charge in [0.2, 0.25) is 6.29 Å². The number of carbonyl (C=O) groups excluding carboxylic acids is 1. The number of hydrogen-bond donors (Lipinski definition) is 14. The largest absolute Gasteiger partial charge is 0.432 e. The summed E-state index contributed by atoms with van der Waals surface area (Å²) >= 11 is 0. The quantitative estimate of drug-likeness (QED) is 0.0576. The summed E-state index contributed by atoms with van der Waals surface area (Å²) < 4.78 is 59.6. The smallest absolute Gasteiger partial charge is 0.315 e. The van der Waals surface area contributed by atoms with Crippen molar-refractivity contribution in [1.29, 1.82) is 0 Å². The molecule has 476 valence electrons. The zero-order valence-corrected chi connectivity index (χ0v) is 48.8. The predicted octanol–water partition coefficient (Wildman–Crippen LogP) is -1.91. The van der Waals surface area contributed by atoms with Gasteiger partial charge in [-0.05, 0) is 116 Å². The maximum Gasteiger partial charge on any atom is 0.315 e. The van der Waals surface area contributed by atoms with Crippen LogP contribution in [0.25, 0.3) is 0 Å². The molecule has 5 aliphatic heterocycles. The molecule has 27 unspecified atom stereocenters. The maximum absolute atomic E-state index is 15.1. The average molecular weight is 1190 g/mol. The van der Waals surface area contributed by atoms with E-state index in [0.717, 1.165) is 32.1 Å². The van der Waals surface area contributed by atoms with Crippen LogP contribution in [0.15, 0.2) is 11.6 Å². The van der Waals surface area contributed by atoms with Crippen molar-refractivity contribution in [3.8, 4) is 0 Å². The molecule has 0 aromatic rings. The first-order valence-electron chi connectivity index (χ1n) is 30.0. The van der Waals surface area contributed by atoms with Crippen LogP contribution in [0.3, 0.4) is 0 Å². The molecule has 0 radical (unpaired) electrons. The standard InChI is InChI=1S/C58H94O25/c1-24-34(62)45(81-48-41(69)35(63)27(60)21-74-48)44(72)50(77-24)82-46-36(64)28(61)22-75-51(46)80-33-12-13-55(6)31(54(33,4)5)11-14-57(8)32(55)10-9-25-26-19-53(2,3)15-17-58(26,18-16-56(25,57)7)52(73)83-49-43(71)40(68)38(66)30(79-49)23-76-47-42(70)39(67)37(65)29(20-59)78-47/h9,24,26-51,59-72H,10-23H2,1-8H3/t24?,26?,27?,28?,29?,30?,31?,32?,33?,34?,35?,36?,37?,38?,39?,40?,41?,42?,43?,44?,45?,46?,47?,48?,49?,50?,51?,55-,56+,57+,58-/m0/s1. The maximum atomic E-state index is 15.1. The van der Waals surface area contributed by atoms with Crippen molar-refractivity contribution in [2.75, 3.05) is 26.4 Å². The van der Waals surface area contributed by atoms with Gasteiger partial charge in [0.05, 0.1) is 44.1 Å². The van der Waals surface area contributed by atoms with Crippen molar-refractivity contribution in [3.63, 3.8) is 0 Å². The fourth-order valence-corrected chi connectivity index (χ4v) is 17.3. The van der Waals surface area contributed by atoms with E-state index in [4.69, 9.17) is 47.4 Å². The molecule has 10 aliphatic rings. The first-order valence-corrected chi connectivity index (χ1v) is 30.0. The molecule has 25 heteroatoms. The lowest BCUT2D eigenvalue weighted by atomic mass is 9.33. The molecule has 0 aromatic heterocycles. The number of ether oxygens (including phenoxy) is 10. The van der Waals surface area contributed by atoms with Crippen LogP contribution in [0.1, 0.15) is 120 Å². The molecule has 83 heavy (non-hydrogen) atoms. The highest BCUT2D eigenvalue weighted by molar-refractivity contribution is 5.79. The lowest BCUT2D eigenvalue weighted by Gasteiger charge is -2.71. The average Bonchev–Trinajstić information content (AvgIpc) is 3.63. The van der Waals surface area contributed by atoms with Gasteiger partial charge >= 0.3 is 5.97 Å². The first-order chi connectivity index (χ1) is 38.8. The van der Waals surface area contributed by atoms with E-state index in [1.807, 2.05) is 0 Å². The van der Waals surface area contributed by atoms with Gasteiger partial charge in [-0.3, -0.25) is 4.79 Å². The summed E-state index contributed by atoms with van der Waals surface area (Å²) in [6.45, 7) is 15.6. The third-order valence-corrected chi connectivity index (χ3v) is 22.7. The van der Waals surface area contributed by atoms with E-state index in [0.29, 0.717) is 32.1 Å². The second-order valence-electron chi connectivity index (χ2n) is 28.2. The highest BCUT2D eigenvalue weighted by atomic mass is 16.8. The van der Waals surface area contributed by atoms with Crippen molar-refractivity contribution < 1.29 is 124 Å². The number of fused-ring (bicyclic) bond motifs is 7. The SMILES string of the molecule is CC1OC(OC2C(OC3CC[C@@]4(C)C(CC[C@]5(C)C4CC=C4C6CC(C)(C)CC[C@]6(C(=O)OC6OC(COC7OC(CO)C(O)C(O)C7O)C(O)C(O)C6O)CC[C@]45C)C3(C)C)OCC(O)C2O)C(O)C(OC2OCC(O)C(O)C2O)C1O. The number of carbonyl (C=O) groups is 1. The minimum Gasteiger partial charge on any atom is -0.432 e. The van der Waals surface area contributed by atoms with Gasteiger partial charge in [0.15, 0.2) is 25.2 Å². The van der Waals surface area contributed by atoms with Gasteiger partial charge < -0.3 is 119 Å². The Morgan fingerprint density at radius 1 is 0.566 bits per heavy atom. The third-order valence-electron chi connectivity index (χ3n) is 22.7. The highest BCUT2D eigenvalue weighted by Gasteiger charge is 2.70. The fraction of sp³-hybridized carbons (Fsp3) is 0.948. The third kappa shape index (κ3) is 10.9. The van der Waals surface area contributed by atoms with Gasteiger partial charge in [-0.1, -0.05) is 60.1 Å². The Labute approximate surface area is 483 Å². The van der Waals surface area contributed by atoms with E-state index < -0.39 is 177 Å². The lowest BCUT2D eigenvalue weighted by molar-refractivity contribution is -0.378. The van der Waals surface area contributed by atoms with E-state index in [1.165, 1.54) is 12.5 Å². The lowest BCUT2D eigenvalue weighted by Crippen LogP contribution is -2.66. The summed E-state index contributed by atoms with van der Waals surface area (Å²) in [5.74, 6) is -0.468. The molecule has 0 spiro atoms. The van der Waals surface area contributed by atoms with Crippen molar-refractivity contribution in [2.24, 2.45) is 50.2 Å². The number of esters is 1. The number of allylic oxidation sites excluding steroid dienone is 2. The molecule has 0 bridgehead atoms. The molecule has 31 atom stereocenters. The predicted molar refractivity (Wildman–Crippen MR) is 282 cm³/mol. The molecule has 5 saturated heterocycles. The number of aliphatic hydroxyl groups excluding tert-OH is 14. The molecule has 0 amide bonds. The Bertz CT molecular complexity index is 2310. The Morgan fingerprint density at radius 2 is 1.17 bits per heavy atom. The molecule has 25 nitrogen and oxygen atoms in total. The summed E-state index contributed by atoms with van der Waals surface area (Å²) in [7, 11) is 0.